The Kier molecular flexibility index (Phi) is 7.64. The van der Waals surface area contributed by atoms with Crippen LogP contribution in [0.4, 0.5) is 26.3 Å². The maximum Gasteiger partial charge on any atom is 0.416 e. The molecular formula is C17H18F6N2O4. The molecule has 0 spiro atoms. The molecule has 0 aliphatic rings. The molecule has 0 aliphatic heterocycles. The SMILES string of the molecule is CCOC(=O)C[C@H](C)[C@@H](NC(=O)c1cc(C(F)(F)F)cc(C(F)(F)F)c1)C(N)=O. The van der Waals surface area contributed by atoms with E-state index in [0.717, 1.165) is 0 Å². The molecule has 0 saturated carbocycles. The second kappa shape index (κ2) is 9.14. The molecule has 1 aromatic rings. The molecule has 3 N–H and O–H groups in total. The highest BCUT2D eigenvalue weighted by Crippen LogP contribution is 2.36. The van der Waals surface area contributed by atoms with Gasteiger partial charge in [0.15, 0.2) is 0 Å². The highest BCUT2D eigenvalue weighted by Gasteiger charge is 2.38. The van der Waals surface area contributed by atoms with Crippen molar-refractivity contribution in [3.05, 3.63) is 34.9 Å². The summed E-state index contributed by atoms with van der Waals surface area (Å²) >= 11 is 0. The number of ether oxygens (including phenoxy) is 1. The third-order valence-corrected chi connectivity index (χ3v) is 3.81. The lowest BCUT2D eigenvalue weighted by Crippen LogP contribution is -2.49. The summed E-state index contributed by atoms with van der Waals surface area (Å²) in [5.41, 5.74) is 0.801. The van der Waals surface area contributed by atoms with E-state index in [-0.39, 0.29) is 31.2 Å². The highest BCUT2D eigenvalue weighted by molar-refractivity contribution is 5.97. The lowest BCUT2D eigenvalue weighted by atomic mass is 9.96. The number of amides is 2. The van der Waals surface area contributed by atoms with E-state index >= 15 is 0 Å². The second-order valence-electron chi connectivity index (χ2n) is 6.13. The van der Waals surface area contributed by atoms with Crippen molar-refractivity contribution in [1.82, 2.24) is 5.32 Å². The molecule has 0 saturated heterocycles. The van der Waals surface area contributed by atoms with Crippen LogP contribution in [0, 0.1) is 5.92 Å². The maximum atomic E-state index is 12.9. The van der Waals surface area contributed by atoms with Gasteiger partial charge >= 0.3 is 18.3 Å². The lowest BCUT2D eigenvalue weighted by molar-refractivity contribution is -0.145. The van der Waals surface area contributed by atoms with E-state index in [4.69, 9.17) is 5.73 Å². The van der Waals surface area contributed by atoms with Gasteiger partial charge in [0.05, 0.1) is 24.2 Å². The van der Waals surface area contributed by atoms with Gasteiger partial charge in [0.2, 0.25) is 5.91 Å². The van der Waals surface area contributed by atoms with Gasteiger partial charge in [0.1, 0.15) is 6.04 Å². The summed E-state index contributed by atoms with van der Waals surface area (Å²) < 4.78 is 82.1. The van der Waals surface area contributed by atoms with Crippen LogP contribution >= 0.6 is 0 Å². The Labute approximate surface area is 161 Å². The minimum Gasteiger partial charge on any atom is -0.466 e. The van der Waals surface area contributed by atoms with E-state index < -0.39 is 58.8 Å². The fraction of sp³-hybridized carbons (Fsp3) is 0.471. The molecule has 0 aliphatic carbocycles. The van der Waals surface area contributed by atoms with Crippen LogP contribution < -0.4 is 11.1 Å². The molecule has 162 valence electrons. The van der Waals surface area contributed by atoms with Gasteiger partial charge < -0.3 is 15.8 Å². The second-order valence-corrected chi connectivity index (χ2v) is 6.13. The zero-order valence-corrected chi connectivity index (χ0v) is 15.3. The van der Waals surface area contributed by atoms with Gasteiger partial charge in [-0.3, -0.25) is 14.4 Å². The molecule has 29 heavy (non-hydrogen) atoms. The van der Waals surface area contributed by atoms with E-state index in [9.17, 15) is 40.7 Å². The van der Waals surface area contributed by atoms with Crippen LogP contribution in [0.15, 0.2) is 18.2 Å². The maximum absolute atomic E-state index is 12.9. The predicted octanol–water partition coefficient (Wildman–Crippen LogP) is 2.90. The van der Waals surface area contributed by atoms with E-state index in [1.807, 2.05) is 5.32 Å². The van der Waals surface area contributed by atoms with Crippen molar-refractivity contribution in [3.63, 3.8) is 0 Å². The molecule has 0 aromatic heterocycles. The molecule has 0 fully saturated rings. The van der Waals surface area contributed by atoms with Gasteiger partial charge in [0, 0.05) is 5.56 Å². The van der Waals surface area contributed by atoms with Crippen LogP contribution in [0.2, 0.25) is 0 Å². The first-order valence-electron chi connectivity index (χ1n) is 8.22. The minimum absolute atomic E-state index is 0.0452. The zero-order valence-electron chi connectivity index (χ0n) is 15.3. The summed E-state index contributed by atoms with van der Waals surface area (Å²) in [4.78, 5) is 35.4. The third-order valence-electron chi connectivity index (χ3n) is 3.81. The number of alkyl halides is 6. The van der Waals surface area contributed by atoms with Gasteiger partial charge in [-0.15, -0.1) is 0 Å². The number of carbonyl (C=O) groups is 3. The van der Waals surface area contributed by atoms with Crippen molar-refractivity contribution in [2.45, 2.75) is 38.7 Å². The smallest absolute Gasteiger partial charge is 0.416 e. The topological polar surface area (TPSA) is 98.5 Å². The number of hydrogen-bond acceptors (Lipinski definition) is 4. The standard InChI is InChI=1S/C17H18F6N2O4/c1-3-29-12(26)4-8(2)13(14(24)27)25-15(28)9-5-10(16(18,19)20)7-11(6-9)17(21,22)23/h5-8,13H,3-4H2,1-2H3,(H2,24,27)(H,25,28)/t8-,13+/m0/s1. The van der Waals surface area contributed by atoms with E-state index in [1.54, 1.807) is 0 Å². The molecule has 1 aromatic carbocycles. The number of nitrogens with two attached hydrogens (primary N) is 1. The summed E-state index contributed by atoms with van der Waals surface area (Å²) in [6.45, 7) is 2.91. The summed E-state index contributed by atoms with van der Waals surface area (Å²) in [5.74, 6) is -4.17. The molecule has 1 rings (SSSR count). The Hall–Kier alpha value is -2.79. The van der Waals surface area contributed by atoms with Crippen molar-refractivity contribution in [3.8, 4) is 0 Å². The number of nitrogens with one attached hydrogen (secondary N) is 1. The van der Waals surface area contributed by atoms with Gasteiger partial charge in [0.25, 0.3) is 5.91 Å². The molecular weight excluding hydrogens is 410 g/mol. The summed E-state index contributed by atoms with van der Waals surface area (Å²) in [6, 6.07) is -1.22. The molecule has 0 unspecified atom stereocenters. The first-order chi connectivity index (χ1) is 13.2. The summed E-state index contributed by atoms with van der Waals surface area (Å²) in [7, 11) is 0. The molecule has 0 heterocycles. The Morgan fingerprint density at radius 2 is 1.52 bits per heavy atom. The monoisotopic (exact) mass is 428 g/mol. The number of hydrogen-bond donors (Lipinski definition) is 2. The number of carbonyl (C=O) groups excluding carboxylic acids is 3. The van der Waals surface area contributed by atoms with Crippen molar-refractivity contribution in [2.24, 2.45) is 11.7 Å². The first-order valence-corrected chi connectivity index (χ1v) is 8.22. The minimum atomic E-state index is -5.14. The molecule has 12 heteroatoms. The average molecular weight is 428 g/mol. The van der Waals surface area contributed by atoms with E-state index in [0.29, 0.717) is 0 Å². The molecule has 2 amide bonds. The average Bonchev–Trinajstić information content (AvgIpc) is 2.57. The Morgan fingerprint density at radius 3 is 1.90 bits per heavy atom. The number of rotatable bonds is 7. The van der Waals surface area contributed by atoms with Crippen LogP contribution in [-0.4, -0.2) is 30.4 Å². The number of benzene rings is 1. The number of primary amides is 1. The molecule has 0 bridgehead atoms. The Balaban J connectivity index is 3.20. The molecule has 6 nitrogen and oxygen atoms in total. The lowest BCUT2D eigenvalue weighted by Gasteiger charge is -2.22. The Bertz CT molecular complexity index is 744. The zero-order chi connectivity index (χ0) is 22.6. The number of halogens is 6. The van der Waals surface area contributed by atoms with Crippen LogP contribution in [-0.2, 0) is 26.7 Å². The summed E-state index contributed by atoms with van der Waals surface area (Å²) in [6.07, 6.45) is -10.6. The largest absolute Gasteiger partial charge is 0.466 e. The van der Waals surface area contributed by atoms with E-state index in [2.05, 4.69) is 4.74 Å². The fourth-order valence-corrected chi connectivity index (χ4v) is 2.41. The van der Waals surface area contributed by atoms with Crippen LogP contribution in [0.3, 0.4) is 0 Å². The van der Waals surface area contributed by atoms with Gasteiger partial charge in [-0.05, 0) is 31.0 Å². The van der Waals surface area contributed by atoms with Crippen LogP contribution in [0.25, 0.3) is 0 Å². The Morgan fingerprint density at radius 1 is 1.03 bits per heavy atom. The van der Waals surface area contributed by atoms with Crippen LogP contribution in [0.5, 0.6) is 0 Å². The van der Waals surface area contributed by atoms with Crippen molar-refractivity contribution in [1.29, 1.82) is 0 Å². The molecule has 2 atom stereocenters. The highest BCUT2D eigenvalue weighted by atomic mass is 19.4. The third kappa shape index (κ3) is 6.95. The fourth-order valence-electron chi connectivity index (χ4n) is 2.41. The first kappa shape index (κ1) is 24.2. The van der Waals surface area contributed by atoms with Gasteiger partial charge in [-0.25, -0.2) is 0 Å². The molecule has 0 radical (unpaired) electrons. The van der Waals surface area contributed by atoms with Gasteiger partial charge in [-0.2, -0.15) is 26.3 Å². The normalized spacial score (nSPS) is 14.1. The quantitative estimate of drug-likeness (QED) is 0.516. The van der Waals surface area contributed by atoms with Crippen molar-refractivity contribution in [2.75, 3.05) is 6.61 Å². The van der Waals surface area contributed by atoms with Crippen LogP contribution in [0.1, 0.15) is 41.8 Å². The number of esters is 1. The predicted molar refractivity (Wildman–Crippen MR) is 87.3 cm³/mol. The summed E-state index contributed by atoms with van der Waals surface area (Å²) in [5, 5.41) is 1.98. The van der Waals surface area contributed by atoms with Crippen molar-refractivity contribution >= 4 is 17.8 Å². The van der Waals surface area contributed by atoms with E-state index in [1.165, 1.54) is 13.8 Å². The van der Waals surface area contributed by atoms with Gasteiger partial charge in [-0.1, -0.05) is 6.92 Å². The van der Waals surface area contributed by atoms with Crippen molar-refractivity contribution < 1.29 is 45.5 Å².